The maximum atomic E-state index is 6.33. The van der Waals surface area contributed by atoms with Crippen LogP contribution in [0.15, 0.2) is 27.8 Å². The van der Waals surface area contributed by atoms with Crippen LogP contribution >= 0.6 is 23.4 Å². The molecule has 21 heavy (non-hydrogen) atoms. The van der Waals surface area contributed by atoms with Crippen molar-refractivity contribution in [3.8, 4) is 0 Å². The van der Waals surface area contributed by atoms with Gasteiger partial charge in [-0.25, -0.2) is 4.98 Å². The van der Waals surface area contributed by atoms with Crippen molar-refractivity contribution in [3.63, 3.8) is 0 Å². The number of thioether (sulfide) groups is 1. The Balaban J connectivity index is 1.81. The largest absolute Gasteiger partial charge is 0.431 e. The van der Waals surface area contributed by atoms with Gasteiger partial charge in [0.05, 0.1) is 16.4 Å². The lowest BCUT2D eigenvalue weighted by molar-refractivity contribution is 0.489. The van der Waals surface area contributed by atoms with Crippen molar-refractivity contribution in [3.05, 3.63) is 34.6 Å². The molecule has 0 saturated heterocycles. The van der Waals surface area contributed by atoms with Crippen molar-refractivity contribution in [2.75, 3.05) is 5.73 Å². The number of hydrogen-bond donors (Lipinski definition) is 1. The minimum Gasteiger partial charge on any atom is -0.431 e. The van der Waals surface area contributed by atoms with Crippen molar-refractivity contribution < 1.29 is 4.42 Å². The topological polar surface area (TPSA) is 69.9 Å². The first-order valence-electron chi connectivity index (χ1n) is 6.57. The first-order chi connectivity index (χ1) is 10.1. The summed E-state index contributed by atoms with van der Waals surface area (Å²) in [4.78, 5) is 4.42. The van der Waals surface area contributed by atoms with E-state index in [0.717, 1.165) is 28.3 Å². The van der Waals surface area contributed by atoms with Gasteiger partial charge in [0.2, 0.25) is 0 Å². The van der Waals surface area contributed by atoms with Crippen LogP contribution in [0.1, 0.15) is 18.3 Å². The highest BCUT2D eigenvalue weighted by atomic mass is 35.5. The third-order valence-corrected chi connectivity index (χ3v) is 4.50. The van der Waals surface area contributed by atoms with Crippen LogP contribution in [0.5, 0.6) is 0 Å². The molecule has 0 spiro atoms. The van der Waals surface area contributed by atoms with Crippen LogP contribution in [0.2, 0.25) is 5.02 Å². The molecule has 0 fully saturated rings. The third kappa shape index (κ3) is 2.73. The number of halogens is 1. The molecule has 0 aliphatic rings. The molecule has 0 saturated carbocycles. The number of oxazole rings is 1. The second kappa shape index (κ2) is 5.61. The van der Waals surface area contributed by atoms with E-state index in [1.165, 1.54) is 11.8 Å². The Labute approximate surface area is 131 Å². The van der Waals surface area contributed by atoms with Gasteiger partial charge in [-0.3, -0.25) is 4.68 Å². The molecule has 0 atom stereocenters. The predicted octanol–water partition coefficient (Wildman–Crippen LogP) is 3.65. The molecule has 5 nitrogen and oxygen atoms in total. The van der Waals surface area contributed by atoms with Crippen LogP contribution in [0.25, 0.3) is 11.1 Å². The Morgan fingerprint density at radius 1 is 1.43 bits per heavy atom. The molecule has 0 aliphatic carbocycles. The molecule has 0 amide bonds. The zero-order valence-corrected chi connectivity index (χ0v) is 13.3. The van der Waals surface area contributed by atoms with E-state index in [2.05, 4.69) is 10.1 Å². The van der Waals surface area contributed by atoms with E-state index < -0.39 is 0 Å². The van der Waals surface area contributed by atoms with Gasteiger partial charge < -0.3 is 10.2 Å². The van der Waals surface area contributed by atoms with Gasteiger partial charge in [-0.15, -0.1) is 0 Å². The van der Waals surface area contributed by atoms with Crippen molar-refractivity contribution in [2.24, 2.45) is 7.05 Å². The minimum atomic E-state index is 0.603. The first-order valence-corrected chi connectivity index (χ1v) is 7.94. The van der Waals surface area contributed by atoms with Crippen LogP contribution in [0, 0.1) is 0 Å². The Hall–Kier alpha value is -1.66. The molecule has 2 aromatic heterocycles. The predicted molar refractivity (Wildman–Crippen MR) is 85.6 cm³/mol. The van der Waals surface area contributed by atoms with E-state index in [0.29, 0.717) is 22.2 Å². The van der Waals surface area contributed by atoms with E-state index in [1.54, 1.807) is 6.07 Å². The fraction of sp³-hybridized carbons (Fsp3) is 0.286. The Morgan fingerprint density at radius 2 is 2.24 bits per heavy atom. The lowest BCUT2D eigenvalue weighted by Gasteiger charge is -1.99. The summed E-state index contributed by atoms with van der Waals surface area (Å²) in [6.45, 7) is 2.04. The highest BCUT2D eigenvalue weighted by molar-refractivity contribution is 7.98. The molecule has 0 unspecified atom stereocenters. The first kappa shape index (κ1) is 14.3. The number of nitrogen functional groups attached to an aromatic ring is 1. The fourth-order valence-electron chi connectivity index (χ4n) is 2.09. The van der Waals surface area contributed by atoms with Crippen LogP contribution in [-0.4, -0.2) is 14.8 Å². The van der Waals surface area contributed by atoms with Gasteiger partial charge in [-0.2, -0.15) is 5.10 Å². The maximum Gasteiger partial charge on any atom is 0.257 e. The molecule has 1 aromatic carbocycles. The quantitative estimate of drug-likeness (QED) is 0.586. The molecule has 2 N–H and O–H groups in total. The Kier molecular flexibility index (Phi) is 3.82. The summed E-state index contributed by atoms with van der Waals surface area (Å²) in [5, 5.41) is 5.73. The number of rotatable bonds is 4. The van der Waals surface area contributed by atoms with Gasteiger partial charge in [-0.1, -0.05) is 30.3 Å². The summed E-state index contributed by atoms with van der Waals surface area (Å²) in [5.41, 5.74) is 9.79. The summed E-state index contributed by atoms with van der Waals surface area (Å²) in [6.07, 6.45) is 0.819. The van der Waals surface area contributed by atoms with Gasteiger partial charge in [-0.05, 0) is 18.6 Å². The smallest absolute Gasteiger partial charge is 0.257 e. The summed E-state index contributed by atoms with van der Waals surface area (Å²) < 4.78 is 7.50. The highest BCUT2D eigenvalue weighted by Gasteiger charge is 2.15. The summed E-state index contributed by atoms with van der Waals surface area (Å²) in [6, 6.07) is 5.44. The van der Waals surface area contributed by atoms with E-state index >= 15 is 0 Å². The molecule has 110 valence electrons. The van der Waals surface area contributed by atoms with Gasteiger partial charge in [0, 0.05) is 24.6 Å². The van der Waals surface area contributed by atoms with Crippen LogP contribution in [0.4, 0.5) is 5.69 Å². The normalized spacial score (nSPS) is 11.4. The van der Waals surface area contributed by atoms with Crippen LogP contribution < -0.4 is 5.73 Å². The fourth-order valence-corrected chi connectivity index (χ4v) is 3.43. The minimum absolute atomic E-state index is 0.603. The zero-order chi connectivity index (χ0) is 15.0. The van der Waals surface area contributed by atoms with E-state index in [-0.39, 0.29) is 0 Å². The third-order valence-electron chi connectivity index (χ3n) is 3.23. The lowest BCUT2D eigenvalue weighted by Crippen LogP contribution is -1.96. The molecule has 3 aromatic rings. The maximum absolute atomic E-state index is 6.33. The number of fused-ring (bicyclic) bond motifs is 1. The summed E-state index contributed by atoms with van der Waals surface area (Å²) in [7, 11) is 1.90. The molecular formula is C14H15ClN4OS. The molecule has 2 heterocycles. The summed E-state index contributed by atoms with van der Waals surface area (Å²) >= 11 is 7.82. The Morgan fingerprint density at radius 3 is 2.95 bits per heavy atom. The van der Waals surface area contributed by atoms with Crippen molar-refractivity contribution in [2.45, 2.75) is 24.3 Å². The monoisotopic (exact) mass is 322 g/mol. The number of anilines is 1. The molecule has 3 rings (SSSR count). The number of aromatic nitrogens is 3. The van der Waals surface area contributed by atoms with Crippen LogP contribution in [0.3, 0.4) is 0 Å². The molecule has 0 bridgehead atoms. The van der Waals surface area contributed by atoms with Gasteiger partial charge >= 0.3 is 0 Å². The van der Waals surface area contributed by atoms with Gasteiger partial charge in [0.25, 0.3) is 5.22 Å². The SMILES string of the molecule is CCc1nn(C)c(CSc2nc3ccc(N)cc3o2)c1Cl. The molecular weight excluding hydrogens is 308 g/mol. The van der Waals surface area contributed by atoms with Gasteiger partial charge in [0.1, 0.15) is 5.52 Å². The van der Waals surface area contributed by atoms with Crippen LogP contribution in [-0.2, 0) is 19.2 Å². The summed E-state index contributed by atoms with van der Waals surface area (Å²) in [5.74, 6) is 0.657. The average molecular weight is 323 g/mol. The molecule has 0 radical (unpaired) electrons. The average Bonchev–Trinajstić information content (AvgIpc) is 2.97. The second-order valence-corrected chi connectivity index (χ2v) is 5.98. The zero-order valence-electron chi connectivity index (χ0n) is 11.8. The standard InChI is InChI=1S/C14H15ClN4OS/c1-3-9-13(15)11(19(2)18-9)7-21-14-17-10-5-4-8(16)6-12(10)20-14/h4-6H,3,7,16H2,1-2H3. The lowest BCUT2D eigenvalue weighted by atomic mass is 10.3. The number of hydrogen-bond acceptors (Lipinski definition) is 5. The van der Waals surface area contributed by atoms with Gasteiger partial charge in [0.15, 0.2) is 5.58 Å². The van der Waals surface area contributed by atoms with E-state index in [1.807, 2.05) is 30.8 Å². The van der Waals surface area contributed by atoms with E-state index in [4.69, 9.17) is 21.8 Å². The highest BCUT2D eigenvalue weighted by Crippen LogP contribution is 2.30. The van der Waals surface area contributed by atoms with E-state index in [9.17, 15) is 0 Å². The van der Waals surface area contributed by atoms with Crippen molar-refractivity contribution >= 4 is 40.1 Å². The second-order valence-electron chi connectivity index (χ2n) is 4.68. The number of nitrogens with zero attached hydrogens (tertiary/aromatic N) is 3. The number of nitrogens with two attached hydrogens (primary N) is 1. The number of aryl methyl sites for hydroxylation is 2. The van der Waals surface area contributed by atoms with Crippen molar-refractivity contribution in [1.82, 2.24) is 14.8 Å². The molecule has 0 aliphatic heterocycles. The Bertz CT molecular complexity index is 796. The van der Waals surface area contributed by atoms with Crippen molar-refractivity contribution in [1.29, 1.82) is 0 Å². The number of benzene rings is 1. The molecule has 7 heteroatoms.